The highest BCUT2D eigenvalue weighted by Crippen LogP contribution is 2.39. The number of aromatic nitrogens is 1. The Morgan fingerprint density at radius 3 is 2.69 bits per heavy atom. The molecule has 1 atom stereocenters. The highest BCUT2D eigenvalue weighted by molar-refractivity contribution is 6.43. The van der Waals surface area contributed by atoms with Gasteiger partial charge in [0.1, 0.15) is 12.0 Å². The largest absolute Gasteiger partial charge is 0.360 e. The number of hydrogen-bond acceptors (Lipinski definition) is 3. The Balaban J connectivity index is 1.82. The van der Waals surface area contributed by atoms with Gasteiger partial charge in [-0.2, -0.15) is 0 Å². The van der Waals surface area contributed by atoms with Crippen molar-refractivity contribution >= 4 is 40.6 Å². The van der Waals surface area contributed by atoms with E-state index in [0.29, 0.717) is 27.1 Å². The van der Waals surface area contributed by atoms with Crippen LogP contribution in [0.1, 0.15) is 27.7 Å². The number of nitrogens with zero attached hydrogens (tertiary/aromatic N) is 2. The standard InChI is InChI=1S/C20H15Cl2N3O/c1-12-9-10-23-17(11-12)25-19(13-5-2-3-6-14(13)20(25)26)24-16-8-4-7-15(21)18(16)22/h2-11,19,24H,1H3/t19-/m1/s1. The minimum absolute atomic E-state index is 0.102. The summed E-state index contributed by atoms with van der Waals surface area (Å²) in [6.45, 7) is 1.97. The normalized spacial score (nSPS) is 15.9. The van der Waals surface area contributed by atoms with Gasteiger partial charge in [-0.1, -0.05) is 47.5 Å². The van der Waals surface area contributed by atoms with E-state index >= 15 is 0 Å². The maximum atomic E-state index is 13.0. The molecule has 0 saturated carbocycles. The lowest BCUT2D eigenvalue weighted by Gasteiger charge is -2.27. The number of fused-ring (bicyclic) bond motifs is 1. The molecule has 0 bridgehead atoms. The Hall–Kier alpha value is -2.56. The highest BCUT2D eigenvalue weighted by atomic mass is 35.5. The molecule has 0 unspecified atom stereocenters. The Morgan fingerprint density at radius 2 is 1.88 bits per heavy atom. The third-order valence-corrected chi connectivity index (χ3v) is 5.17. The second-order valence-corrected chi connectivity index (χ2v) is 6.89. The van der Waals surface area contributed by atoms with Crippen LogP contribution in [0.25, 0.3) is 0 Å². The van der Waals surface area contributed by atoms with Crippen LogP contribution in [-0.4, -0.2) is 10.9 Å². The maximum absolute atomic E-state index is 13.0. The highest BCUT2D eigenvalue weighted by Gasteiger charge is 2.38. The van der Waals surface area contributed by atoms with Gasteiger partial charge >= 0.3 is 0 Å². The smallest absolute Gasteiger partial charge is 0.261 e. The zero-order valence-corrected chi connectivity index (χ0v) is 15.4. The molecule has 1 aliphatic heterocycles. The van der Waals surface area contributed by atoms with Crippen molar-refractivity contribution in [3.63, 3.8) is 0 Å². The van der Waals surface area contributed by atoms with Gasteiger partial charge in [0.15, 0.2) is 0 Å². The second kappa shape index (κ2) is 6.63. The minimum atomic E-state index is -0.427. The molecule has 1 aromatic heterocycles. The number of benzene rings is 2. The molecule has 130 valence electrons. The van der Waals surface area contributed by atoms with Crippen LogP contribution in [0.15, 0.2) is 60.8 Å². The third-order valence-electron chi connectivity index (χ3n) is 4.35. The Morgan fingerprint density at radius 1 is 1.08 bits per heavy atom. The first kappa shape index (κ1) is 16.9. The monoisotopic (exact) mass is 383 g/mol. The van der Waals surface area contributed by atoms with E-state index in [1.165, 1.54) is 0 Å². The maximum Gasteiger partial charge on any atom is 0.261 e. The predicted molar refractivity (Wildman–Crippen MR) is 105 cm³/mol. The summed E-state index contributed by atoms with van der Waals surface area (Å²) >= 11 is 12.5. The van der Waals surface area contributed by atoms with Gasteiger partial charge in [-0.25, -0.2) is 4.98 Å². The van der Waals surface area contributed by atoms with Crippen molar-refractivity contribution in [1.82, 2.24) is 4.98 Å². The van der Waals surface area contributed by atoms with Crippen molar-refractivity contribution < 1.29 is 4.79 Å². The number of halogens is 2. The molecule has 1 N–H and O–H groups in total. The molecule has 0 spiro atoms. The van der Waals surface area contributed by atoms with E-state index in [1.54, 1.807) is 17.2 Å². The number of anilines is 2. The SMILES string of the molecule is Cc1ccnc(N2C(=O)c3ccccc3[C@@H]2Nc2cccc(Cl)c2Cl)c1. The first-order chi connectivity index (χ1) is 12.6. The molecule has 26 heavy (non-hydrogen) atoms. The number of carbonyl (C=O) groups excluding carboxylic acids is 1. The molecule has 6 heteroatoms. The van der Waals surface area contributed by atoms with Gasteiger partial charge in [-0.3, -0.25) is 9.69 Å². The first-order valence-electron chi connectivity index (χ1n) is 8.12. The average Bonchev–Trinajstić information content (AvgIpc) is 2.91. The molecule has 4 nitrogen and oxygen atoms in total. The van der Waals surface area contributed by atoms with Crippen LogP contribution in [-0.2, 0) is 0 Å². The quantitative estimate of drug-likeness (QED) is 0.652. The number of amides is 1. The summed E-state index contributed by atoms with van der Waals surface area (Å²) < 4.78 is 0. The summed E-state index contributed by atoms with van der Waals surface area (Å²) in [4.78, 5) is 19.1. The summed E-state index contributed by atoms with van der Waals surface area (Å²) in [7, 11) is 0. The van der Waals surface area contributed by atoms with E-state index in [1.807, 2.05) is 55.5 Å². The molecule has 0 aliphatic carbocycles. The number of nitrogens with one attached hydrogen (secondary N) is 1. The molecule has 2 heterocycles. The topological polar surface area (TPSA) is 45.2 Å². The summed E-state index contributed by atoms with van der Waals surface area (Å²) in [5.74, 6) is 0.483. The van der Waals surface area contributed by atoms with E-state index in [-0.39, 0.29) is 5.91 Å². The lowest BCUT2D eigenvalue weighted by atomic mass is 10.1. The molecule has 0 saturated heterocycles. The van der Waals surface area contributed by atoms with Gasteiger partial charge in [-0.05, 0) is 42.8 Å². The van der Waals surface area contributed by atoms with E-state index in [2.05, 4.69) is 10.3 Å². The van der Waals surface area contributed by atoms with Gasteiger partial charge in [0.2, 0.25) is 0 Å². The van der Waals surface area contributed by atoms with Crippen LogP contribution in [0.5, 0.6) is 0 Å². The molecular formula is C20H15Cl2N3O. The molecular weight excluding hydrogens is 369 g/mol. The molecule has 3 aromatic rings. The fraction of sp³-hybridized carbons (Fsp3) is 0.100. The second-order valence-electron chi connectivity index (χ2n) is 6.10. The fourth-order valence-corrected chi connectivity index (χ4v) is 3.46. The zero-order chi connectivity index (χ0) is 18.3. The van der Waals surface area contributed by atoms with E-state index in [9.17, 15) is 4.79 Å². The molecule has 0 fully saturated rings. The van der Waals surface area contributed by atoms with Crippen molar-refractivity contribution in [3.8, 4) is 0 Å². The first-order valence-corrected chi connectivity index (χ1v) is 8.87. The van der Waals surface area contributed by atoms with E-state index in [4.69, 9.17) is 23.2 Å². The average molecular weight is 384 g/mol. The van der Waals surface area contributed by atoms with Crippen LogP contribution in [0.3, 0.4) is 0 Å². The van der Waals surface area contributed by atoms with Gasteiger partial charge in [-0.15, -0.1) is 0 Å². The third kappa shape index (κ3) is 2.81. The predicted octanol–water partition coefficient (Wildman–Crippen LogP) is 5.47. The van der Waals surface area contributed by atoms with Gasteiger partial charge in [0.05, 0.1) is 15.7 Å². The van der Waals surface area contributed by atoms with Gasteiger partial charge in [0, 0.05) is 17.3 Å². The van der Waals surface area contributed by atoms with Crippen LogP contribution >= 0.6 is 23.2 Å². The number of rotatable bonds is 3. The van der Waals surface area contributed by atoms with Crippen molar-refractivity contribution in [2.45, 2.75) is 13.1 Å². The number of hydrogen-bond donors (Lipinski definition) is 1. The van der Waals surface area contributed by atoms with Crippen LogP contribution in [0.4, 0.5) is 11.5 Å². The lowest BCUT2D eigenvalue weighted by Crippen LogP contribution is -2.33. The van der Waals surface area contributed by atoms with E-state index in [0.717, 1.165) is 11.1 Å². The molecule has 0 radical (unpaired) electrons. The minimum Gasteiger partial charge on any atom is -0.360 e. The zero-order valence-electron chi connectivity index (χ0n) is 13.9. The van der Waals surface area contributed by atoms with Crippen molar-refractivity contribution in [2.24, 2.45) is 0 Å². The number of carbonyl (C=O) groups is 1. The Bertz CT molecular complexity index is 1010. The van der Waals surface area contributed by atoms with Gasteiger partial charge in [0.25, 0.3) is 5.91 Å². The van der Waals surface area contributed by atoms with Crippen LogP contribution in [0, 0.1) is 6.92 Å². The molecule has 4 rings (SSSR count). The van der Waals surface area contributed by atoms with Crippen molar-refractivity contribution in [1.29, 1.82) is 0 Å². The fourth-order valence-electron chi connectivity index (χ4n) is 3.11. The molecule has 1 amide bonds. The van der Waals surface area contributed by atoms with Crippen molar-refractivity contribution in [2.75, 3.05) is 10.2 Å². The Kier molecular flexibility index (Phi) is 4.31. The number of pyridine rings is 1. The van der Waals surface area contributed by atoms with Crippen LogP contribution < -0.4 is 10.2 Å². The van der Waals surface area contributed by atoms with Crippen LogP contribution in [0.2, 0.25) is 10.0 Å². The van der Waals surface area contributed by atoms with E-state index < -0.39 is 6.17 Å². The number of aryl methyl sites for hydroxylation is 1. The summed E-state index contributed by atoms with van der Waals surface area (Å²) in [5.41, 5.74) is 3.20. The van der Waals surface area contributed by atoms with Crippen molar-refractivity contribution in [3.05, 3.63) is 87.5 Å². The van der Waals surface area contributed by atoms with Gasteiger partial charge < -0.3 is 5.32 Å². The summed E-state index contributed by atoms with van der Waals surface area (Å²) in [6, 6.07) is 16.7. The lowest BCUT2D eigenvalue weighted by molar-refractivity contribution is 0.0992. The summed E-state index contributed by atoms with van der Waals surface area (Å²) in [5, 5.41) is 4.23. The molecule has 1 aliphatic rings. The molecule has 2 aromatic carbocycles. The Labute approximate surface area is 161 Å². The summed E-state index contributed by atoms with van der Waals surface area (Å²) in [6.07, 6.45) is 1.27.